The number of aryl methyl sites for hydroxylation is 1. The van der Waals surface area contributed by atoms with Gasteiger partial charge in [0.25, 0.3) is 0 Å². The van der Waals surface area contributed by atoms with Gasteiger partial charge in [-0.05, 0) is 18.6 Å². The van der Waals surface area contributed by atoms with Crippen molar-refractivity contribution >= 4 is 23.7 Å². The maximum Gasteiger partial charge on any atom is 0.318 e. The highest BCUT2D eigenvalue weighted by Gasteiger charge is 2.11. The van der Waals surface area contributed by atoms with E-state index in [4.69, 9.17) is 5.73 Å². The van der Waals surface area contributed by atoms with Crippen LogP contribution in [0.2, 0.25) is 0 Å². The normalized spacial score (nSPS) is 10.2. The molecule has 0 bridgehead atoms. The maximum absolute atomic E-state index is 11.4. The third kappa shape index (κ3) is 3.39. The number of hydrogen-bond donors (Lipinski definition) is 2. The Labute approximate surface area is 120 Å². The van der Waals surface area contributed by atoms with E-state index >= 15 is 0 Å². The van der Waals surface area contributed by atoms with Gasteiger partial charge in [-0.3, -0.25) is 14.7 Å². The molecule has 0 aliphatic heterocycles. The lowest BCUT2D eigenvalue weighted by atomic mass is 10.2. The Bertz CT molecular complexity index is 639. The Morgan fingerprint density at radius 2 is 2.15 bits per heavy atom. The molecule has 7 heteroatoms. The summed E-state index contributed by atoms with van der Waals surface area (Å²) in [5.41, 5.74) is 6.99. The van der Waals surface area contributed by atoms with Crippen molar-refractivity contribution in [2.24, 2.45) is 5.73 Å². The standard InChI is InChI=1S/C13H14N4O2S/c1-9-4-2-3-5-10(9)17-7-6-15-13(17)20-8-11(18)16-12(14)19/h2-7H,8H2,1H3,(H3,14,16,18,19). The number of para-hydroxylation sites is 1. The maximum atomic E-state index is 11.4. The number of nitrogens with zero attached hydrogens (tertiary/aromatic N) is 2. The summed E-state index contributed by atoms with van der Waals surface area (Å²) in [6.07, 6.45) is 3.50. The molecule has 3 amide bonds. The van der Waals surface area contributed by atoms with Crippen molar-refractivity contribution in [1.82, 2.24) is 14.9 Å². The molecule has 1 heterocycles. The molecule has 104 valence electrons. The van der Waals surface area contributed by atoms with Gasteiger partial charge in [-0.1, -0.05) is 30.0 Å². The highest BCUT2D eigenvalue weighted by Crippen LogP contribution is 2.22. The van der Waals surface area contributed by atoms with E-state index in [1.807, 2.05) is 47.3 Å². The van der Waals surface area contributed by atoms with Crippen LogP contribution in [0.1, 0.15) is 5.56 Å². The average Bonchev–Trinajstić information content (AvgIpc) is 2.84. The lowest BCUT2D eigenvalue weighted by molar-refractivity contribution is -0.117. The second kappa shape index (κ2) is 6.25. The molecule has 1 aromatic heterocycles. The number of benzene rings is 1. The van der Waals surface area contributed by atoms with Crippen LogP contribution in [-0.2, 0) is 4.79 Å². The highest BCUT2D eigenvalue weighted by molar-refractivity contribution is 7.99. The molecule has 1 aromatic carbocycles. The van der Waals surface area contributed by atoms with Crippen molar-refractivity contribution in [3.63, 3.8) is 0 Å². The largest absolute Gasteiger partial charge is 0.351 e. The molecule has 0 radical (unpaired) electrons. The highest BCUT2D eigenvalue weighted by atomic mass is 32.2. The summed E-state index contributed by atoms with van der Waals surface area (Å²) in [5, 5.41) is 2.70. The van der Waals surface area contributed by atoms with Gasteiger partial charge in [0.1, 0.15) is 0 Å². The lowest BCUT2D eigenvalue weighted by Gasteiger charge is -2.09. The third-order valence-electron chi connectivity index (χ3n) is 2.58. The Morgan fingerprint density at radius 3 is 2.85 bits per heavy atom. The Hall–Kier alpha value is -2.28. The Balaban J connectivity index is 2.12. The summed E-state index contributed by atoms with van der Waals surface area (Å²) < 4.78 is 1.90. The molecule has 20 heavy (non-hydrogen) atoms. The van der Waals surface area contributed by atoms with Crippen LogP contribution in [0.25, 0.3) is 5.69 Å². The van der Waals surface area contributed by atoms with Crippen LogP contribution < -0.4 is 11.1 Å². The predicted molar refractivity (Wildman–Crippen MR) is 76.8 cm³/mol. The van der Waals surface area contributed by atoms with Crippen LogP contribution in [0.3, 0.4) is 0 Å². The molecule has 2 rings (SSSR count). The number of thioether (sulfide) groups is 1. The minimum absolute atomic E-state index is 0.0752. The van der Waals surface area contributed by atoms with E-state index in [-0.39, 0.29) is 5.75 Å². The number of rotatable bonds is 4. The molecule has 0 unspecified atom stereocenters. The van der Waals surface area contributed by atoms with Crippen molar-refractivity contribution in [1.29, 1.82) is 0 Å². The van der Waals surface area contributed by atoms with E-state index in [1.54, 1.807) is 6.20 Å². The van der Waals surface area contributed by atoms with E-state index in [0.717, 1.165) is 11.3 Å². The second-order valence-corrected chi connectivity index (χ2v) is 5.01. The molecule has 0 aliphatic carbocycles. The minimum Gasteiger partial charge on any atom is -0.351 e. The number of imide groups is 1. The van der Waals surface area contributed by atoms with Crippen LogP contribution >= 0.6 is 11.8 Å². The molecule has 0 fully saturated rings. The van der Waals surface area contributed by atoms with Crippen LogP contribution in [0.5, 0.6) is 0 Å². The molecule has 0 saturated carbocycles. The summed E-state index contributed by atoms with van der Waals surface area (Å²) in [4.78, 5) is 26.2. The molecule has 0 atom stereocenters. The molecular weight excluding hydrogens is 276 g/mol. The first-order valence-electron chi connectivity index (χ1n) is 5.89. The van der Waals surface area contributed by atoms with Gasteiger partial charge in [-0.2, -0.15) is 0 Å². The fourth-order valence-corrected chi connectivity index (χ4v) is 2.48. The number of nitrogens with two attached hydrogens (primary N) is 1. The first-order valence-corrected chi connectivity index (χ1v) is 6.88. The van der Waals surface area contributed by atoms with Gasteiger partial charge >= 0.3 is 6.03 Å². The fraction of sp³-hybridized carbons (Fsp3) is 0.154. The van der Waals surface area contributed by atoms with Crippen molar-refractivity contribution in [2.45, 2.75) is 12.1 Å². The number of nitrogens with one attached hydrogen (secondary N) is 1. The first kappa shape index (κ1) is 14.1. The van der Waals surface area contributed by atoms with Gasteiger partial charge in [-0.25, -0.2) is 9.78 Å². The molecular formula is C13H14N4O2S. The summed E-state index contributed by atoms with van der Waals surface area (Å²) >= 11 is 1.24. The number of amides is 3. The van der Waals surface area contributed by atoms with Crippen LogP contribution in [-0.4, -0.2) is 27.2 Å². The molecule has 0 spiro atoms. The zero-order chi connectivity index (χ0) is 14.5. The van der Waals surface area contributed by atoms with E-state index in [1.165, 1.54) is 11.8 Å². The summed E-state index contributed by atoms with van der Waals surface area (Å²) in [6, 6.07) is 7.03. The number of imidazole rings is 1. The SMILES string of the molecule is Cc1ccccc1-n1ccnc1SCC(=O)NC(N)=O. The van der Waals surface area contributed by atoms with Crippen LogP contribution in [0, 0.1) is 6.92 Å². The first-order chi connectivity index (χ1) is 9.58. The summed E-state index contributed by atoms with van der Waals surface area (Å²) in [7, 11) is 0. The molecule has 6 nitrogen and oxygen atoms in total. The number of urea groups is 1. The zero-order valence-electron chi connectivity index (χ0n) is 10.9. The average molecular weight is 290 g/mol. The van der Waals surface area contributed by atoms with Crippen LogP contribution in [0.15, 0.2) is 41.8 Å². The minimum atomic E-state index is -0.849. The number of carbonyl (C=O) groups is 2. The van der Waals surface area contributed by atoms with Gasteiger partial charge in [0, 0.05) is 12.4 Å². The molecule has 2 aromatic rings. The monoisotopic (exact) mass is 290 g/mol. The smallest absolute Gasteiger partial charge is 0.318 e. The Morgan fingerprint density at radius 1 is 1.40 bits per heavy atom. The molecule has 3 N–H and O–H groups in total. The van der Waals surface area contributed by atoms with E-state index in [2.05, 4.69) is 4.98 Å². The number of hydrogen-bond acceptors (Lipinski definition) is 4. The third-order valence-corrected chi connectivity index (χ3v) is 3.54. The van der Waals surface area contributed by atoms with Gasteiger partial charge in [0.15, 0.2) is 5.16 Å². The van der Waals surface area contributed by atoms with Crippen LogP contribution in [0.4, 0.5) is 4.79 Å². The predicted octanol–water partition coefficient (Wildman–Crippen LogP) is 1.47. The van der Waals surface area contributed by atoms with Crippen molar-refractivity contribution < 1.29 is 9.59 Å². The van der Waals surface area contributed by atoms with Gasteiger partial charge in [0.05, 0.1) is 11.4 Å². The lowest BCUT2D eigenvalue weighted by Crippen LogP contribution is -2.36. The van der Waals surface area contributed by atoms with Gasteiger partial charge in [0.2, 0.25) is 5.91 Å². The second-order valence-electron chi connectivity index (χ2n) is 4.07. The van der Waals surface area contributed by atoms with E-state index in [0.29, 0.717) is 5.16 Å². The van der Waals surface area contributed by atoms with Gasteiger partial charge in [-0.15, -0.1) is 0 Å². The summed E-state index contributed by atoms with van der Waals surface area (Å²) in [5.74, 6) is -0.368. The molecule has 0 aliphatic rings. The zero-order valence-corrected chi connectivity index (χ0v) is 11.7. The molecule has 0 saturated heterocycles. The van der Waals surface area contributed by atoms with E-state index < -0.39 is 11.9 Å². The van der Waals surface area contributed by atoms with Crippen molar-refractivity contribution in [3.8, 4) is 5.69 Å². The number of carbonyl (C=O) groups excluding carboxylic acids is 2. The topological polar surface area (TPSA) is 90.0 Å². The van der Waals surface area contributed by atoms with E-state index in [9.17, 15) is 9.59 Å². The summed E-state index contributed by atoms with van der Waals surface area (Å²) in [6.45, 7) is 2.00. The van der Waals surface area contributed by atoms with Crippen molar-refractivity contribution in [3.05, 3.63) is 42.2 Å². The number of primary amides is 1. The van der Waals surface area contributed by atoms with Crippen molar-refractivity contribution in [2.75, 3.05) is 5.75 Å². The van der Waals surface area contributed by atoms with Gasteiger partial charge < -0.3 is 5.73 Å². The quantitative estimate of drug-likeness (QED) is 0.834. The fourth-order valence-electron chi connectivity index (χ4n) is 1.72. The Kier molecular flexibility index (Phi) is 4.41. The number of aromatic nitrogens is 2.